The van der Waals surface area contributed by atoms with Crippen molar-refractivity contribution in [3.8, 4) is 0 Å². The first-order valence-electron chi connectivity index (χ1n) is 10.5. The van der Waals surface area contributed by atoms with Gasteiger partial charge in [0.1, 0.15) is 0 Å². The lowest BCUT2D eigenvalue weighted by molar-refractivity contribution is -0.114. The molecule has 0 aliphatic carbocycles. The molecule has 1 saturated heterocycles. The Kier molecular flexibility index (Phi) is 6.01. The quantitative estimate of drug-likeness (QED) is 0.678. The van der Waals surface area contributed by atoms with Crippen LogP contribution < -0.4 is 10.2 Å². The first kappa shape index (κ1) is 20.8. The van der Waals surface area contributed by atoms with Gasteiger partial charge in [0, 0.05) is 49.9 Å². The molecule has 0 unspecified atom stereocenters. The van der Waals surface area contributed by atoms with Gasteiger partial charge in [-0.3, -0.25) is 9.69 Å². The van der Waals surface area contributed by atoms with E-state index in [4.69, 9.17) is 9.97 Å². The topological polar surface area (TPSA) is 61.4 Å². The minimum absolute atomic E-state index is 0.0233. The normalized spacial score (nSPS) is 15.4. The summed E-state index contributed by atoms with van der Waals surface area (Å²) >= 11 is 1.65. The molecule has 0 atom stereocenters. The van der Waals surface area contributed by atoms with Crippen molar-refractivity contribution in [1.82, 2.24) is 14.9 Å². The van der Waals surface area contributed by atoms with E-state index in [1.807, 2.05) is 6.07 Å². The summed E-state index contributed by atoms with van der Waals surface area (Å²) < 4.78 is 0. The molecule has 1 aliphatic heterocycles. The number of nitrogens with one attached hydrogen (secondary N) is 1. The Bertz CT molecular complexity index is 1080. The molecule has 1 aromatic carbocycles. The van der Waals surface area contributed by atoms with Crippen LogP contribution in [0.15, 0.2) is 24.3 Å². The van der Waals surface area contributed by atoms with Gasteiger partial charge in [0.05, 0.1) is 16.2 Å². The molecule has 1 fully saturated rings. The van der Waals surface area contributed by atoms with Crippen LogP contribution in [0, 0.1) is 20.8 Å². The van der Waals surface area contributed by atoms with Crippen LogP contribution >= 0.6 is 11.3 Å². The third-order valence-electron chi connectivity index (χ3n) is 5.70. The highest BCUT2D eigenvalue weighted by atomic mass is 32.1. The van der Waals surface area contributed by atoms with Crippen LogP contribution in [-0.4, -0.2) is 47.0 Å². The number of aryl methyl sites for hydroxylation is 3. The number of anilines is 2. The van der Waals surface area contributed by atoms with Gasteiger partial charge >= 0.3 is 0 Å². The highest BCUT2D eigenvalue weighted by Gasteiger charge is 2.19. The maximum absolute atomic E-state index is 11.2. The van der Waals surface area contributed by atoms with Gasteiger partial charge in [0.25, 0.3) is 0 Å². The monoisotopic (exact) mass is 423 g/mol. The summed E-state index contributed by atoms with van der Waals surface area (Å²) in [5.41, 5.74) is 4.62. The lowest BCUT2D eigenvalue weighted by atomic mass is 10.1. The van der Waals surface area contributed by atoms with Crippen LogP contribution in [0.2, 0.25) is 0 Å². The van der Waals surface area contributed by atoms with Crippen molar-refractivity contribution in [2.45, 2.75) is 40.7 Å². The molecule has 3 heterocycles. The Balaban J connectivity index is 1.46. The van der Waals surface area contributed by atoms with Crippen LogP contribution in [0.5, 0.6) is 0 Å². The molecule has 4 rings (SSSR count). The molecule has 0 saturated carbocycles. The van der Waals surface area contributed by atoms with E-state index in [9.17, 15) is 4.79 Å². The van der Waals surface area contributed by atoms with Crippen LogP contribution in [0.1, 0.15) is 35.0 Å². The van der Waals surface area contributed by atoms with E-state index in [2.05, 4.69) is 54.1 Å². The van der Waals surface area contributed by atoms with Crippen molar-refractivity contribution >= 4 is 39.1 Å². The lowest BCUT2D eigenvalue weighted by Gasteiger charge is -2.22. The summed E-state index contributed by atoms with van der Waals surface area (Å²) in [6, 6.07) is 8.47. The lowest BCUT2D eigenvalue weighted by Crippen LogP contribution is -2.31. The molecule has 2 aromatic heterocycles. The van der Waals surface area contributed by atoms with Crippen LogP contribution in [0.25, 0.3) is 10.9 Å². The second-order valence-corrected chi connectivity index (χ2v) is 9.29. The molecule has 158 valence electrons. The van der Waals surface area contributed by atoms with Crippen molar-refractivity contribution in [3.05, 3.63) is 46.0 Å². The van der Waals surface area contributed by atoms with Gasteiger partial charge in [-0.1, -0.05) is 0 Å². The Hall–Kier alpha value is -2.51. The number of benzene rings is 1. The summed E-state index contributed by atoms with van der Waals surface area (Å²) in [7, 11) is 0. The molecule has 0 bridgehead atoms. The number of hydrogen-bond donors (Lipinski definition) is 1. The number of carbonyl (C=O) groups is 1. The number of amides is 1. The third kappa shape index (κ3) is 4.63. The largest absolute Gasteiger partial charge is 0.339 e. The van der Waals surface area contributed by atoms with Gasteiger partial charge in [-0.25, -0.2) is 9.97 Å². The zero-order chi connectivity index (χ0) is 21.3. The van der Waals surface area contributed by atoms with Gasteiger partial charge in [-0.05, 0) is 62.6 Å². The summed E-state index contributed by atoms with van der Waals surface area (Å²) in [5.74, 6) is 0.819. The summed E-state index contributed by atoms with van der Waals surface area (Å²) in [6.07, 6.45) is 1.08. The fraction of sp³-hybridized carbons (Fsp3) is 0.435. The smallest absolute Gasteiger partial charge is 0.226 e. The van der Waals surface area contributed by atoms with Crippen molar-refractivity contribution in [1.29, 1.82) is 0 Å². The summed E-state index contributed by atoms with van der Waals surface area (Å²) in [5, 5.41) is 4.93. The molecular weight excluding hydrogens is 394 g/mol. The van der Waals surface area contributed by atoms with Crippen LogP contribution in [0.4, 0.5) is 10.9 Å². The first-order chi connectivity index (χ1) is 14.4. The highest BCUT2D eigenvalue weighted by molar-refractivity contribution is 7.16. The van der Waals surface area contributed by atoms with E-state index in [0.29, 0.717) is 0 Å². The van der Waals surface area contributed by atoms with E-state index in [1.165, 1.54) is 16.0 Å². The number of thiophene rings is 1. The molecular formula is C23H29N5OS. The maximum Gasteiger partial charge on any atom is 0.226 e. The van der Waals surface area contributed by atoms with E-state index in [1.54, 1.807) is 18.3 Å². The molecule has 7 heteroatoms. The second kappa shape index (κ2) is 8.70. The predicted molar refractivity (Wildman–Crippen MR) is 124 cm³/mol. The molecule has 1 aliphatic rings. The first-order valence-corrected chi connectivity index (χ1v) is 11.3. The number of carbonyl (C=O) groups excluding carboxylic acids is 1. The molecule has 0 spiro atoms. The zero-order valence-electron chi connectivity index (χ0n) is 18.2. The summed E-state index contributed by atoms with van der Waals surface area (Å²) in [4.78, 5) is 27.0. The van der Waals surface area contributed by atoms with Crippen LogP contribution in [-0.2, 0) is 11.3 Å². The minimum Gasteiger partial charge on any atom is -0.339 e. The Labute approximate surface area is 181 Å². The average Bonchev–Trinajstić information content (AvgIpc) is 2.97. The van der Waals surface area contributed by atoms with Crippen molar-refractivity contribution in [2.75, 3.05) is 36.4 Å². The van der Waals surface area contributed by atoms with Gasteiger partial charge in [0.15, 0.2) is 0 Å². The highest BCUT2D eigenvalue weighted by Crippen LogP contribution is 2.25. The third-order valence-corrected chi connectivity index (χ3v) is 6.69. The number of fused-ring (bicyclic) bond motifs is 1. The molecule has 3 aromatic rings. The van der Waals surface area contributed by atoms with Crippen molar-refractivity contribution in [2.24, 2.45) is 0 Å². The van der Waals surface area contributed by atoms with Gasteiger partial charge in [0.2, 0.25) is 11.9 Å². The van der Waals surface area contributed by atoms with Crippen LogP contribution in [0.3, 0.4) is 0 Å². The minimum atomic E-state index is -0.0233. The fourth-order valence-electron chi connectivity index (χ4n) is 3.92. The molecule has 1 N–H and O–H groups in total. The molecule has 30 heavy (non-hydrogen) atoms. The predicted octanol–water partition coefficient (Wildman–Crippen LogP) is 4.29. The molecule has 1 amide bonds. The average molecular weight is 424 g/mol. The van der Waals surface area contributed by atoms with E-state index in [0.717, 1.165) is 66.7 Å². The van der Waals surface area contributed by atoms with E-state index < -0.39 is 0 Å². The maximum atomic E-state index is 11.2. The standard InChI is InChI=1S/C23H29N5OS/c1-15-12-20-17(3)24-23(26-21(20)13-16(15)2)28-9-5-8-27(10-11-28)14-19-6-7-22(30-19)25-18(4)29/h6-7,12-13H,5,8-11,14H2,1-4H3,(H,25,29). The van der Waals surface area contributed by atoms with Gasteiger partial charge in [-0.2, -0.15) is 0 Å². The number of nitrogens with zero attached hydrogens (tertiary/aromatic N) is 4. The van der Waals surface area contributed by atoms with Gasteiger partial charge in [-0.15, -0.1) is 11.3 Å². The Morgan fingerprint density at radius 1 is 1.07 bits per heavy atom. The van der Waals surface area contributed by atoms with E-state index in [-0.39, 0.29) is 5.91 Å². The second-order valence-electron chi connectivity index (χ2n) is 8.13. The van der Waals surface area contributed by atoms with Crippen molar-refractivity contribution in [3.63, 3.8) is 0 Å². The Morgan fingerprint density at radius 3 is 2.67 bits per heavy atom. The zero-order valence-corrected chi connectivity index (χ0v) is 19.0. The number of rotatable bonds is 4. The molecule has 6 nitrogen and oxygen atoms in total. The number of hydrogen-bond acceptors (Lipinski definition) is 6. The van der Waals surface area contributed by atoms with Crippen molar-refractivity contribution < 1.29 is 4.79 Å². The molecule has 0 radical (unpaired) electrons. The Morgan fingerprint density at radius 2 is 1.87 bits per heavy atom. The number of aromatic nitrogens is 2. The van der Waals surface area contributed by atoms with E-state index >= 15 is 0 Å². The van der Waals surface area contributed by atoms with Gasteiger partial charge < -0.3 is 10.2 Å². The fourth-order valence-corrected chi connectivity index (χ4v) is 4.92. The summed E-state index contributed by atoms with van der Waals surface area (Å²) in [6.45, 7) is 12.7. The SMILES string of the molecule is CC(=O)Nc1ccc(CN2CCCN(c3nc(C)c4cc(C)c(C)cc4n3)CC2)s1.